The summed E-state index contributed by atoms with van der Waals surface area (Å²) >= 11 is 0. The van der Waals surface area contributed by atoms with Gasteiger partial charge in [0.2, 0.25) is 0 Å². The highest BCUT2D eigenvalue weighted by Crippen LogP contribution is 2.34. The molecule has 0 aliphatic rings. The van der Waals surface area contributed by atoms with Crippen molar-refractivity contribution in [2.24, 2.45) is 0 Å². The number of hydrogen-bond donors (Lipinski definition) is 2. The Balaban J connectivity index is 2.30. The normalized spacial score (nSPS) is 11.2. The first-order chi connectivity index (χ1) is 9.79. The number of halogens is 3. The van der Waals surface area contributed by atoms with E-state index in [0.717, 1.165) is 6.07 Å². The Labute approximate surface area is 119 Å². The lowest BCUT2D eigenvalue weighted by molar-refractivity contribution is -0.136. The summed E-state index contributed by atoms with van der Waals surface area (Å²) in [5.41, 5.74) is 5.94. The van der Waals surface area contributed by atoms with Crippen LogP contribution in [-0.4, -0.2) is 5.91 Å². The van der Waals surface area contributed by atoms with Gasteiger partial charge in [-0.3, -0.25) is 4.79 Å². The van der Waals surface area contributed by atoms with E-state index in [9.17, 15) is 18.0 Å². The Morgan fingerprint density at radius 2 is 1.81 bits per heavy atom. The van der Waals surface area contributed by atoms with Crippen LogP contribution < -0.4 is 11.1 Å². The van der Waals surface area contributed by atoms with Gasteiger partial charge in [-0.25, -0.2) is 0 Å². The predicted octanol–water partition coefficient (Wildman–Crippen LogP) is 3.85. The second-order valence-corrected chi connectivity index (χ2v) is 4.57. The number of hydrogen-bond acceptors (Lipinski definition) is 2. The fraction of sp³-hybridized carbons (Fsp3) is 0.133. The van der Waals surface area contributed by atoms with Crippen molar-refractivity contribution >= 4 is 17.3 Å². The minimum atomic E-state index is -4.53. The van der Waals surface area contributed by atoms with Gasteiger partial charge in [-0.1, -0.05) is 12.1 Å². The van der Waals surface area contributed by atoms with Crippen LogP contribution in [0.3, 0.4) is 0 Å². The van der Waals surface area contributed by atoms with Crippen molar-refractivity contribution in [1.82, 2.24) is 0 Å². The predicted molar refractivity (Wildman–Crippen MR) is 75.0 cm³/mol. The van der Waals surface area contributed by atoms with Crippen molar-refractivity contribution in [3.63, 3.8) is 0 Å². The molecule has 2 aromatic rings. The van der Waals surface area contributed by atoms with E-state index < -0.39 is 17.6 Å². The summed E-state index contributed by atoms with van der Waals surface area (Å²) < 4.78 is 38.6. The molecule has 0 atom stereocenters. The van der Waals surface area contributed by atoms with Crippen molar-refractivity contribution in [2.75, 3.05) is 11.1 Å². The Morgan fingerprint density at radius 1 is 1.14 bits per heavy atom. The molecule has 0 saturated heterocycles. The van der Waals surface area contributed by atoms with Gasteiger partial charge in [-0.2, -0.15) is 13.2 Å². The number of aryl methyl sites for hydroxylation is 1. The van der Waals surface area contributed by atoms with Gasteiger partial charge < -0.3 is 11.1 Å². The van der Waals surface area contributed by atoms with Crippen molar-refractivity contribution in [3.8, 4) is 0 Å². The van der Waals surface area contributed by atoms with E-state index in [1.165, 1.54) is 30.3 Å². The summed E-state index contributed by atoms with van der Waals surface area (Å²) in [6.07, 6.45) is -4.53. The molecule has 110 valence electrons. The number of benzene rings is 2. The number of nitrogens with two attached hydrogens (primary N) is 1. The van der Waals surface area contributed by atoms with Crippen molar-refractivity contribution < 1.29 is 18.0 Å². The van der Waals surface area contributed by atoms with E-state index in [1.807, 2.05) is 0 Å². The fourth-order valence-corrected chi connectivity index (χ4v) is 1.85. The molecular weight excluding hydrogens is 281 g/mol. The monoisotopic (exact) mass is 294 g/mol. The average molecular weight is 294 g/mol. The van der Waals surface area contributed by atoms with Crippen LogP contribution in [0.1, 0.15) is 21.5 Å². The number of carbonyl (C=O) groups excluding carboxylic acids is 1. The SMILES string of the molecule is Cc1cc(C(=O)Nc2ccccc2C(F)(F)F)ccc1N. The molecule has 0 aliphatic heterocycles. The van der Waals surface area contributed by atoms with E-state index >= 15 is 0 Å². The summed E-state index contributed by atoms with van der Waals surface area (Å²) in [6.45, 7) is 1.72. The van der Waals surface area contributed by atoms with Gasteiger partial charge in [0, 0.05) is 11.3 Å². The zero-order valence-corrected chi connectivity index (χ0v) is 11.2. The Hall–Kier alpha value is -2.50. The van der Waals surface area contributed by atoms with Crippen LogP contribution >= 0.6 is 0 Å². The molecule has 0 bridgehead atoms. The Bertz CT molecular complexity index is 681. The van der Waals surface area contributed by atoms with Gasteiger partial charge in [0.15, 0.2) is 0 Å². The molecule has 0 radical (unpaired) electrons. The van der Waals surface area contributed by atoms with Crippen LogP contribution in [0.15, 0.2) is 42.5 Å². The first kappa shape index (κ1) is 14.9. The van der Waals surface area contributed by atoms with Crippen molar-refractivity contribution in [2.45, 2.75) is 13.1 Å². The average Bonchev–Trinajstić information content (AvgIpc) is 2.41. The van der Waals surface area contributed by atoms with Gasteiger partial charge >= 0.3 is 6.18 Å². The zero-order valence-electron chi connectivity index (χ0n) is 11.2. The fourth-order valence-electron chi connectivity index (χ4n) is 1.85. The molecule has 0 unspecified atom stereocenters. The third kappa shape index (κ3) is 3.34. The first-order valence-corrected chi connectivity index (χ1v) is 6.13. The van der Waals surface area contributed by atoms with Crippen LogP contribution in [-0.2, 0) is 6.18 Å². The molecule has 21 heavy (non-hydrogen) atoms. The molecule has 2 aromatic carbocycles. The minimum Gasteiger partial charge on any atom is -0.399 e. The summed E-state index contributed by atoms with van der Waals surface area (Å²) in [4.78, 5) is 12.0. The largest absolute Gasteiger partial charge is 0.418 e. The molecule has 0 fully saturated rings. The van der Waals surface area contributed by atoms with Crippen LogP contribution in [0.5, 0.6) is 0 Å². The topological polar surface area (TPSA) is 55.1 Å². The number of alkyl halides is 3. The van der Waals surface area contributed by atoms with Crippen LogP contribution in [0.25, 0.3) is 0 Å². The number of carbonyl (C=O) groups is 1. The minimum absolute atomic E-state index is 0.249. The van der Waals surface area contributed by atoms with Gasteiger partial charge in [0.1, 0.15) is 0 Å². The summed E-state index contributed by atoms with van der Waals surface area (Å²) in [5, 5.41) is 2.28. The molecule has 3 nitrogen and oxygen atoms in total. The van der Waals surface area contributed by atoms with E-state index in [-0.39, 0.29) is 11.3 Å². The number of para-hydroxylation sites is 1. The summed E-state index contributed by atoms with van der Waals surface area (Å²) in [5.74, 6) is -0.616. The number of rotatable bonds is 2. The molecular formula is C15H13F3N2O. The van der Waals surface area contributed by atoms with Gasteiger partial charge in [0.25, 0.3) is 5.91 Å². The maximum absolute atomic E-state index is 12.9. The van der Waals surface area contributed by atoms with Gasteiger partial charge in [0.05, 0.1) is 11.3 Å². The van der Waals surface area contributed by atoms with Crippen LogP contribution in [0.2, 0.25) is 0 Å². The summed E-state index contributed by atoms with van der Waals surface area (Å²) in [6, 6.07) is 9.37. The van der Waals surface area contributed by atoms with E-state index in [0.29, 0.717) is 11.3 Å². The van der Waals surface area contributed by atoms with Crippen LogP contribution in [0, 0.1) is 6.92 Å². The van der Waals surface area contributed by atoms with Crippen molar-refractivity contribution in [3.05, 3.63) is 59.2 Å². The second kappa shape index (κ2) is 5.47. The maximum Gasteiger partial charge on any atom is 0.418 e. The maximum atomic E-state index is 12.9. The lowest BCUT2D eigenvalue weighted by Crippen LogP contribution is -2.16. The standard InChI is InChI=1S/C15H13F3N2O/c1-9-8-10(6-7-12(9)19)14(21)20-13-5-3-2-4-11(13)15(16,17)18/h2-8H,19H2,1H3,(H,20,21). The molecule has 0 aromatic heterocycles. The van der Waals surface area contributed by atoms with Gasteiger partial charge in [-0.05, 0) is 42.8 Å². The lowest BCUT2D eigenvalue weighted by atomic mass is 10.1. The smallest absolute Gasteiger partial charge is 0.399 e. The third-order valence-corrected chi connectivity index (χ3v) is 3.01. The number of amides is 1. The highest BCUT2D eigenvalue weighted by molar-refractivity contribution is 6.05. The van der Waals surface area contributed by atoms with Crippen molar-refractivity contribution in [1.29, 1.82) is 0 Å². The second-order valence-electron chi connectivity index (χ2n) is 4.57. The molecule has 2 rings (SSSR count). The number of anilines is 2. The summed E-state index contributed by atoms with van der Waals surface area (Å²) in [7, 11) is 0. The first-order valence-electron chi connectivity index (χ1n) is 6.13. The quantitative estimate of drug-likeness (QED) is 0.827. The Morgan fingerprint density at radius 3 is 2.43 bits per heavy atom. The third-order valence-electron chi connectivity index (χ3n) is 3.01. The highest BCUT2D eigenvalue weighted by atomic mass is 19.4. The molecule has 0 spiro atoms. The van der Waals surface area contributed by atoms with Gasteiger partial charge in [-0.15, -0.1) is 0 Å². The number of nitrogen functional groups attached to an aromatic ring is 1. The molecule has 0 aliphatic carbocycles. The van der Waals surface area contributed by atoms with E-state index in [4.69, 9.17) is 5.73 Å². The highest BCUT2D eigenvalue weighted by Gasteiger charge is 2.33. The molecule has 0 heterocycles. The van der Waals surface area contributed by atoms with E-state index in [1.54, 1.807) is 13.0 Å². The van der Waals surface area contributed by atoms with Crippen LogP contribution in [0.4, 0.5) is 24.5 Å². The zero-order chi connectivity index (χ0) is 15.6. The number of nitrogens with one attached hydrogen (secondary N) is 1. The lowest BCUT2D eigenvalue weighted by Gasteiger charge is -2.13. The molecule has 3 N–H and O–H groups in total. The molecule has 0 saturated carbocycles. The molecule has 1 amide bonds. The van der Waals surface area contributed by atoms with E-state index in [2.05, 4.69) is 5.32 Å². The molecule has 6 heteroatoms. The Kier molecular flexibility index (Phi) is 3.88.